The van der Waals surface area contributed by atoms with Gasteiger partial charge in [-0.05, 0) is 51.0 Å². The van der Waals surface area contributed by atoms with Gasteiger partial charge in [-0.15, -0.1) is 0 Å². The number of para-hydroxylation sites is 2. The van der Waals surface area contributed by atoms with Crippen molar-refractivity contribution in [2.75, 3.05) is 12.4 Å². The van der Waals surface area contributed by atoms with Crippen molar-refractivity contribution < 1.29 is 19.1 Å². The second-order valence-corrected chi connectivity index (χ2v) is 9.61. The minimum Gasteiger partial charge on any atom is -0.495 e. The number of carbonyl (C=O) groups is 2. The number of ether oxygens (including phenoxy) is 2. The van der Waals surface area contributed by atoms with E-state index in [4.69, 9.17) is 9.47 Å². The summed E-state index contributed by atoms with van der Waals surface area (Å²) in [6, 6.07) is 15.2. The molecule has 0 unspecified atom stereocenters. The van der Waals surface area contributed by atoms with Gasteiger partial charge in [0, 0.05) is 13.1 Å². The van der Waals surface area contributed by atoms with Gasteiger partial charge in [0.25, 0.3) is 5.91 Å². The van der Waals surface area contributed by atoms with Gasteiger partial charge in [-0.2, -0.15) is 0 Å². The molecule has 0 saturated heterocycles. The molecule has 0 spiro atoms. The van der Waals surface area contributed by atoms with Crippen LogP contribution < -0.4 is 20.7 Å². The maximum Gasteiger partial charge on any atom is 0.407 e. The molecule has 3 N–H and O–H groups in total. The van der Waals surface area contributed by atoms with E-state index in [1.165, 1.54) is 11.3 Å². The van der Waals surface area contributed by atoms with Gasteiger partial charge in [0.2, 0.25) is 0 Å². The predicted octanol–water partition coefficient (Wildman–Crippen LogP) is 5.16. The number of hydrogen-bond acceptors (Lipinski definition) is 7. The number of nitrogens with one attached hydrogen (secondary N) is 3. The number of anilines is 2. The Morgan fingerprint density at radius 3 is 2.21 bits per heavy atom. The lowest BCUT2D eigenvalue weighted by atomic mass is 10.1. The first-order chi connectivity index (χ1) is 16.1. The molecular formula is C25H30N4O4S. The number of rotatable bonds is 8. The minimum absolute atomic E-state index is 0.182. The molecule has 0 aliphatic heterocycles. The summed E-state index contributed by atoms with van der Waals surface area (Å²) in [5, 5.41) is 9.50. The van der Waals surface area contributed by atoms with Gasteiger partial charge in [-0.1, -0.05) is 47.7 Å². The van der Waals surface area contributed by atoms with Gasteiger partial charge in [0.1, 0.15) is 16.2 Å². The fourth-order valence-corrected chi connectivity index (χ4v) is 3.94. The Balaban J connectivity index is 1.53. The molecule has 3 aromatic rings. The fraction of sp³-hybridized carbons (Fsp3) is 0.320. The van der Waals surface area contributed by atoms with Crippen LogP contribution in [0.4, 0.5) is 15.6 Å². The highest BCUT2D eigenvalue weighted by atomic mass is 32.1. The second-order valence-electron chi connectivity index (χ2n) is 8.61. The Kier molecular flexibility index (Phi) is 8.12. The number of alkyl carbamates (subject to hydrolysis) is 1. The number of nitrogens with zero attached hydrogens (tertiary/aromatic N) is 1. The van der Waals surface area contributed by atoms with Crippen LogP contribution in [0.2, 0.25) is 0 Å². The highest BCUT2D eigenvalue weighted by Crippen LogP contribution is 2.30. The molecule has 0 bridgehead atoms. The topological polar surface area (TPSA) is 102 Å². The van der Waals surface area contributed by atoms with Crippen molar-refractivity contribution in [3.8, 4) is 5.75 Å². The SMILES string of the molecule is COc1ccccc1Nc1nc(C)c(C(=O)NCc2ccc(CNC(=O)OC(C)(C)C)cc2)s1. The smallest absolute Gasteiger partial charge is 0.407 e. The van der Waals surface area contributed by atoms with Gasteiger partial charge in [-0.3, -0.25) is 4.79 Å². The Hall–Kier alpha value is -3.59. The molecule has 34 heavy (non-hydrogen) atoms. The van der Waals surface area contributed by atoms with Gasteiger partial charge in [0.05, 0.1) is 18.5 Å². The molecule has 0 atom stereocenters. The molecule has 0 aliphatic carbocycles. The zero-order valence-electron chi connectivity index (χ0n) is 20.0. The van der Waals surface area contributed by atoms with Crippen molar-refractivity contribution in [3.05, 3.63) is 70.2 Å². The third-order valence-corrected chi connectivity index (χ3v) is 5.73. The van der Waals surface area contributed by atoms with Gasteiger partial charge in [0.15, 0.2) is 5.13 Å². The molecule has 8 nitrogen and oxygen atoms in total. The van der Waals surface area contributed by atoms with Crippen molar-refractivity contribution >= 4 is 34.2 Å². The van der Waals surface area contributed by atoms with Crippen LogP contribution in [0.25, 0.3) is 0 Å². The van der Waals surface area contributed by atoms with E-state index >= 15 is 0 Å². The van der Waals surface area contributed by atoms with Crippen LogP contribution in [-0.4, -0.2) is 29.7 Å². The van der Waals surface area contributed by atoms with Crippen molar-refractivity contribution in [3.63, 3.8) is 0 Å². The van der Waals surface area contributed by atoms with Crippen molar-refractivity contribution in [2.45, 2.75) is 46.4 Å². The first-order valence-electron chi connectivity index (χ1n) is 10.8. The number of thiazole rings is 1. The van der Waals surface area contributed by atoms with E-state index in [0.29, 0.717) is 34.5 Å². The van der Waals surface area contributed by atoms with Crippen LogP contribution in [-0.2, 0) is 17.8 Å². The summed E-state index contributed by atoms with van der Waals surface area (Å²) in [5.41, 5.74) is 2.79. The molecule has 180 valence electrons. The number of carbonyl (C=O) groups excluding carboxylic acids is 2. The Bertz CT molecular complexity index is 1140. The van der Waals surface area contributed by atoms with E-state index in [0.717, 1.165) is 16.8 Å². The third kappa shape index (κ3) is 7.21. The Morgan fingerprint density at radius 2 is 1.59 bits per heavy atom. The Morgan fingerprint density at radius 1 is 0.971 bits per heavy atom. The van der Waals surface area contributed by atoms with E-state index in [-0.39, 0.29) is 5.91 Å². The third-order valence-electron chi connectivity index (χ3n) is 4.66. The van der Waals surface area contributed by atoms with Crippen LogP contribution in [0.1, 0.15) is 47.3 Å². The Labute approximate surface area is 203 Å². The molecule has 2 amide bonds. The van der Waals surface area contributed by atoms with E-state index < -0.39 is 11.7 Å². The molecule has 1 aromatic heterocycles. The summed E-state index contributed by atoms with van der Waals surface area (Å²) in [7, 11) is 1.61. The van der Waals surface area contributed by atoms with Gasteiger partial charge >= 0.3 is 6.09 Å². The fourth-order valence-electron chi connectivity index (χ4n) is 3.05. The highest BCUT2D eigenvalue weighted by Gasteiger charge is 2.17. The molecule has 0 aliphatic rings. The molecule has 0 saturated carbocycles. The zero-order chi connectivity index (χ0) is 24.7. The lowest BCUT2D eigenvalue weighted by Gasteiger charge is -2.19. The minimum atomic E-state index is -0.534. The number of amides is 2. The summed E-state index contributed by atoms with van der Waals surface area (Å²) in [4.78, 5) is 29.5. The zero-order valence-corrected chi connectivity index (χ0v) is 20.8. The molecule has 3 rings (SSSR count). The largest absolute Gasteiger partial charge is 0.495 e. The number of aryl methyl sites for hydroxylation is 1. The number of methoxy groups -OCH3 is 1. The lowest BCUT2D eigenvalue weighted by Crippen LogP contribution is -2.32. The summed E-state index contributed by atoms with van der Waals surface area (Å²) in [6.07, 6.45) is -0.455. The summed E-state index contributed by atoms with van der Waals surface area (Å²) in [6.45, 7) is 8.02. The molecular weight excluding hydrogens is 452 g/mol. The summed E-state index contributed by atoms with van der Waals surface area (Å²) in [5.74, 6) is 0.518. The van der Waals surface area contributed by atoms with Crippen molar-refractivity contribution in [2.24, 2.45) is 0 Å². The summed E-state index contributed by atoms with van der Waals surface area (Å²) < 4.78 is 10.6. The number of benzene rings is 2. The molecule has 9 heteroatoms. The molecule has 0 fully saturated rings. The van der Waals surface area contributed by atoms with E-state index in [2.05, 4.69) is 20.9 Å². The van der Waals surface area contributed by atoms with Gasteiger partial charge in [-0.25, -0.2) is 9.78 Å². The normalized spacial score (nSPS) is 11.0. The number of aromatic nitrogens is 1. The van der Waals surface area contributed by atoms with Gasteiger partial charge < -0.3 is 25.4 Å². The van der Waals surface area contributed by atoms with Crippen molar-refractivity contribution in [1.29, 1.82) is 0 Å². The van der Waals surface area contributed by atoms with Crippen LogP contribution in [0.3, 0.4) is 0 Å². The van der Waals surface area contributed by atoms with E-state index in [1.807, 2.05) is 76.2 Å². The first kappa shape index (κ1) is 25.0. The van der Waals surface area contributed by atoms with Crippen LogP contribution in [0.15, 0.2) is 48.5 Å². The van der Waals surface area contributed by atoms with E-state index in [9.17, 15) is 9.59 Å². The van der Waals surface area contributed by atoms with Crippen molar-refractivity contribution in [1.82, 2.24) is 15.6 Å². The molecule has 0 radical (unpaired) electrons. The average molecular weight is 483 g/mol. The molecule has 1 heterocycles. The molecule has 2 aromatic carbocycles. The van der Waals surface area contributed by atoms with Crippen LogP contribution in [0, 0.1) is 6.92 Å². The van der Waals surface area contributed by atoms with Crippen LogP contribution >= 0.6 is 11.3 Å². The maximum absolute atomic E-state index is 12.7. The average Bonchev–Trinajstić information content (AvgIpc) is 3.16. The maximum atomic E-state index is 12.7. The predicted molar refractivity (Wildman–Crippen MR) is 134 cm³/mol. The summed E-state index contributed by atoms with van der Waals surface area (Å²) >= 11 is 1.29. The highest BCUT2D eigenvalue weighted by molar-refractivity contribution is 7.17. The lowest BCUT2D eigenvalue weighted by molar-refractivity contribution is 0.0523. The second kappa shape index (κ2) is 11.0. The van der Waals surface area contributed by atoms with E-state index in [1.54, 1.807) is 7.11 Å². The quantitative estimate of drug-likeness (QED) is 0.410. The standard InChI is InChI=1S/C25H30N4O4S/c1-16-21(34-23(28-16)29-19-8-6-7-9-20(19)32-5)22(30)26-14-17-10-12-18(13-11-17)15-27-24(31)33-25(2,3)4/h6-13H,14-15H2,1-5H3,(H,26,30)(H,27,31)(H,28,29). The van der Waals surface area contributed by atoms with Crippen LogP contribution in [0.5, 0.6) is 5.75 Å². The monoisotopic (exact) mass is 482 g/mol. The number of hydrogen-bond donors (Lipinski definition) is 3. The first-order valence-corrected chi connectivity index (χ1v) is 11.7.